The van der Waals surface area contributed by atoms with Crippen LogP contribution >= 0.6 is 0 Å². The van der Waals surface area contributed by atoms with Crippen LogP contribution in [0.5, 0.6) is 0 Å². The number of rotatable bonds is 4. The molecule has 0 unspecified atom stereocenters. The van der Waals surface area contributed by atoms with Crippen molar-refractivity contribution in [2.45, 2.75) is 33.9 Å². The highest BCUT2D eigenvalue weighted by atomic mass is 16.5. The zero-order valence-corrected chi connectivity index (χ0v) is 11.9. The molecule has 2 aromatic carbocycles. The number of hydrogen-bond acceptors (Lipinski definition) is 2. The summed E-state index contributed by atoms with van der Waals surface area (Å²) in [6.07, 6.45) is 0. The Labute approximate surface area is 115 Å². The summed E-state index contributed by atoms with van der Waals surface area (Å²) in [7, 11) is 0. The lowest BCUT2D eigenvalue weighted by molar-refractivity contribution is -0.108. The lowest BCUT2D eigenvalue weighted by Crippen LogP contribution is -2.18. The maximum atomic E-state index is 10.0. The molecule has 2 heteroatoms. The maximum Gasteiger partial charge on any atom is 0.0492 e. The highest BCUT2D eigenvalue weighted by Gasteiger charge is 2.06. The number of benzene rings is 2. The van der Waals surface area contributed by atoms with Gasteiger partial charge in [-0.3, -0.25) is 0 Å². The zero-order valence-electron chi connectivity index (χ0n) is 11.9. The molecule has 2 nitrogen and oxygen atoms in total. The number of hydrogen-bond donors (Lipinski definition) is 1. The molecule has 0 heterocycles. The van der Waals surface area contributed by atoms with Gasteiger partial charge in [0.15, 0.2) is 0 Å². The van der Waals surface area contributed by atoms with Crippen molar-refractivity contribution < 1.29 is 5.21 Å². The van der Waals surface area contributed by atoms with Crippen LogP contribution in [0.4, 0.5) is 0 Å². The van der Waals surface area contributed by atoms with Crippen LogP contribution in [0.15, 0.2) is 42.5 Å². The van der Waals surface area contributed by atoms with Crippen molar-refractivity contribution in [3.8, 4) is 0 Å². The van der Waals surface area contributed by atoms with E-state index in [1.807, 2.05) is 30.3 Å². The molecule has 19 heavy (non-hydrogen) atoms. The van der Waals surface area contributed by atoms with E-state index in [9.17, 15) is 5.21 Å². The molecule has 0 bridgehead atoms. The predicted octanol–water partition coefficient (Wildman–Crippen LogP) is 4.00. The Morgan fingerprint density at radius 3 is 1.95 bits per heavy atom. The maximum absolute atomic E-state index is 10.0. The Hall–Kier alpha value is -1.64. The summed E-state index contributed by atoms with van der Waals surface area (Å²) >= 11 is 0. The summed E-state index contributed by atoms with van der Waals surface area (Å²) in [6.45, 7) is 7.47. The molecular weight excluding hydrogens is 234 g/mol. The van der Waals surface area contributed by atoms with Crippen LogP contribution < -0.4 is 0 Å². The second kappa shape index (κ2) is 6.00. The third-order valence-electron chi connectivity index (χ3n) is 3.56. The van der Waals surface area contributed by atoms with Crippen molar-refractivity contribution in [3.63, 3.8) is 0 Å². The van der Waals surface area contributed by atoms with Gasteiger partial charge in [-0.25, -0.2) is 0 Å². The lowest BCUT2D eigenvalue weighted by Gasteiger charge is -2.16. The van der Waals surface area contributed by atoms with Gasteiger partial charge in [0.1, 0.15) is 0 Å². The van der Waals surface area contributed by atoms with E-state index in [2.05, 4.69) is 32.9 Å². The molecule has 0 aromatic heterocycles. The smallest absolute Gasteiger partial charge is 0.0492 e. The van der Waals surface area contributed by atoms with Gasteiger partial charge in [-0.05, 0) is 48.6 Å². The Morgan fingerprint density at radius 2 is 1.37 bits per heavy atom. The average molecular weight is 255 g/mol. The average Bonchev–Trinajstić information content (AvgIpc) is 2.37. The Balaban J connectivity index is 2.05. The van der Waals surface area contributed by atoms with Crippen molar-refractivity contribution in [3.05, 3.63) is 70.3 Å². The first-order valence-corrected chi connectivity index (χ1v) is 6.60. The van der Waals surface area contributed by atoms with Crippen molar-refractivity contribution in [2.75, 3.05) is 0 Å². The fourth-order valence-corrected chi connectivity index (χ4v) is 2.28. The quantitative estimate of drug-likeness (QED) is 0.835. The molecule has 0 aliphatic heterocycles. The molecule has 2 aromatic rings. The summed E-state index contributed by atoms with van der Waals surface area (Å²) < 4.78 is 0. The van der Waals surface area contributed by atoms with E-state index in [0.717, 1.165) is 11.1 Å². The Kier molecular flexibility index (Phi) is 4.35. The SMILES string of the molecule is Cc1cc(CN(O)Cc2ccccc2)cc(C)c1C. The predicted molar refractivity (Wildman–Crippen MR) is 78.1 cm³/mol. The standard InChI is InChI=1S/C17H21NO/c1-13-9-17(10-14(2)15(13)3)12-18(19)11-16-7-5-4-6-8-16/h4-10,19H,11-12H2,1-3H3. The van der Waals surface area contributed by atoms with Gasteiger partial charge in [-0.15, -0.1) is 0 Å². The number of aryl methyl sites for hydroxylation is 2. The topological polar surface area (TPSA) is 23.5 Å². The first-order chi connectivity index (χ1) is 9.06. The molecule has 1 N–H and O–H groups in total. The van der Waals surface area contributed by atoms with Crippen LogP contribution in [0, 0.1) is 20.8 Å². The van der Waals surface area contributed by atoms with E-state index in [0.29, 0.717) is 13.1 Å². The van der Waals surface area contributed by atoms with Crippen molar-refractivity contribution in [1.82, 2.24) is 5.06 Å². The molecule has 0 amide bonds. The normalized spacial score (nSPS) is 11.0. The molecule has 0 spiro atoms. The third kappa shape index (κ3) is 3.66. The van der Waals surface area contributed by atoms with Gasteiger partial charge in [-0.1, -0.05) is 42.5 Å². The first-order valence-electron chi connectivity index (χ1n) is 6.60. The third-order valence-corrected chi connectivity index (χ3v) is 3.56. The summed E-state index contributed by atoms with van der Waals surface area (Å²) in [4.78, 5) is 0. The van der Waals surface area contributed by atoms with Crippen LogP contribution in [0.3, 0.4) is 0 Å². The largest absolute Gasteiger partial charge is 0.313 e. The lowest BCUT2D eigenvalue weighted by atomic mass is 10.0. The van der Waals surface area contributed by atoms with E-state index < -0.39 is 0 Å². The van der Waals surface area contributed by atoms with E-state index in [4.69, 9.17) is 0 Å². The zero-order chi connectivity index (χ0) is 13.8. The first kappa shape index (κ1) is 13.8. The van der Waals surface area contributed by atoms with E-state index in [-0.39, 0.29) is 0 Å². The Bertz CT molecular complexity index is 525. The number of nitrogens with zero attached hydrogens (tertiary/aromatic N) is 1. The Morgan fingerprint density at radius 1 is 0.842 bits per heavy atom. The van der Waals surface area contributed by atoms with Crippen molar-refractivity contribution in [2.24, 2.45) is 0 Å². The summed E-state index contributed by atoms with van der Waals surface area (Å²) in [5.41, 5.74) is 6.16. The molecule has 0 aliphatic rings. The summed E-state index contributed by atoms with van der Waals surface area (Å²) in [6, 6.07) is 14.3. The molecule has 0 saturated carbocycles. The molecule has 0 radical (unpaired) electrons. The minimum Gasteiger partial charge on any atom is -0.313 e. The van der Waals surface area contributed by atoms with Gasteiger partial charge >= 0.3 is 0 Å². The van der Waals surface area contributed by atoms with Gasteiger partial charge in [-0.2, -0.15) is 5.06 Å². The highest BCUT2D eigenvalue weighted by molar-refractivity contribution is 5.36. The van der Waals surface area contributed by atoms with Gasteiger partial charge in [0, 0.05) is 13.1 Å². The van der Waals surface area contributed by atoms with Gasteiger partial charge in [0.05, 0.1) is 0 Å². The molecule has 0 fully saturated rings. The second-order valence-corrected chi connectivity index (χ2v) is 5.16. The molecule has 0 atom stereocenters. The highest BCUT2D eigenvalue weighted by Crippen LogP contribution is 2.17. The fourth-order valence-electron chi connectivity index (χ4n) is 2.28. The van der Waals surface area contributed by atoms with Gasteiger partial charge < -0.3 is 5.21 Å². The van der Waals surface area contributed by atoms with Crippen LogP contribution in [-0.4, -0.2) is 10.3 Å². The van der Waals surface area contributed by atoms with E-state index >= 15 is 0 Å². The van der Waals surface area contributed by atoms with Crippen molar-refractivity contribution in [1.29, 1.82) is 0 Å². The molecule has 0 aliphatic carbocycles. The second-order valence-electron chi connectivity index (χ2n) is 5.16. The van der Waals surface area contributed by atoms with Crippen LogP contribution in [0.2, 0.25) is 0 Å². The van der Waals surface area contributed by atoms with Gasteiger partial charge in [0.25, 0.3) is 0 Å². The van der Waals surface area contributed by atoms with Crippen molar-refractivity contribution >= 4 is 0 Å². The van der Waals surface area contributed by atoms with Crippen LogP contribution in [-0.2, 0) is 13.1 Å². The summed E-state index contributed by atoms with van der Waals surface area (Å²) in [5.74, 6) is 0. The molecular formula is C17H21NO. The van der Waals surface area contributed by atoms with Crippen LogP contribution in [0.25, 0.3) is 0 Å². The minimum absolute atomic E-state index is 0.548. The van der Waals surface area contributed by atoms with E-state index in [1.165, 1.54) is 21.8 Å². The molecule has 0 saturated heterocycles. The molecule has 100 valence electrons. The fraction of sp³-hybridized carbons (Fsp3) is 0.294. The monoisotopic (exact) mass is 255 g/mol. The van der Waals surface area contributed by atoms with Crippen LogP contribution in [0.1, 0.15) is 27.8 Å². The minimum atomic E-state index is 0.548. The number of hydroxylamine groups is 2. The summed E-state index contributed by atoms with van der Waals surface area (Å²) in [5, 5.41) is 11.4. The van der Waals surface area contributed by atoms with E-state index in [1.54, 1.807) is 0 Å². The van der Waals surface area contributed by atoms with Gasteiger partial charge in [0.2, 0.25) is 0 Å². The molecule has 2 rings (SSSR count).